The smallest absolute Gasteiger partial charge is 0.229 e. The van der Waals surface area contributed by atoms with Crippen molar-refractivity contribution < 1.29 is 0 Å². The van der Waals surface area contributed by atoms with Crippen molar-refractivity contribution in [1.29, 1.82) is 0 Å². The number of aromatic nitrogens is 2. The molecule has 0 aliphatic heterocycles. The largest absolute Gasteiger partial charge is 0.384 e. The van der Waals surface area contributed by atoms with Crippen LogP contribution < -0.4 is 11.1 Å². The van der Waals surface area contributed by atoms with Gasteiger partial charge in [-0.3, -0.25) is 0 Å². The molecular formula is C10H7BrCl2N4. The van der Waals surface area contributed by atoms with Crippen molar-refractivity contribution in [3.8, 4) is 0 Å². The summed E-state index contributed by atoms with van der Waals surface area (Å²) in [7, 11) is 0. The molecule has 0 unspecified atom stereocenters. The lowest BCUT2D eigenvalue weighted by Crippen LogP contribution is -2.00. The second-order valence-electron chi connectivity index (χ2n) is 3.15. The molecule has 1 heterocycles. The van der Waals surface area contributed by atoms with E-state index in [1.165, 1.54) is 0 Å². The van der Waals surface area contributed by atoms with Crippen LogP contribution in [0.1, 0.15) is 0 Å². The number of hydrogen-bond donors (Lipinski definition) is 2. The fourth-order valence-corrected chi connectivity index (χ4v) is 2.00. The quantitative estimate of drug-likeness (QED) is 0.819. The predicted octanol–water partition coefficient (Wildman–Crippen LogP) is 3.87. The van der Waals surface area contributed by atoms with E-state index in [0.717, 1.165) is 4.47 Å². The van der Waals surface area contributed by atoms with E-state index >= 15 is 0 Å². The maximum absolute atomic E-state index is 6.08. The molecular weight excluding hydrogens is 327 g/mol. The molecule has 0 atom stereocenters. The number of halogens is 3. The van der Waals surface area contributed by atoms with Crippen LogP contribution in [-0.2, 0) is 0 Å². The Morgan fingerprint density at radius 2 is 1.94 bits per heavy atom. The molecule has 17 heavy (non-hydrogen) atoms. The first-order valence-electron chi connectivity index (χ1n) is 4.57. The molecule has 0 fully saturated rings. The topological polar surface area (TPSA) is 63.8 Å². The summed E-state index contributed by atoms with van der Waals surface area (Å²) >= 11 is 15.4. The van der Waals surface area contributed by atoms with Gasteiger partial charge in [-0.1, -0.05) is 23.2 Å². The Balaban J connectivity index is 2.34. The molecule has 88 valence electrons. The van der Waals surface area contributed by atoms with Crippen LogP contribution in [0.2, 0.25) is 10.0 Å². The molecule has 0 amide bonds. The Bertz CT molecular complexity index is 562. The zero-order valence-corrected chi connectivity index (χ0v) is 11.5. The van der Waals surface area contributed by atoms with Crippen molar-refractivity contribution >= 4 is 56.6 Å². The summed E-state index contributed by atoms with van der Waals surface area (Å²) in [5, 5.41) is 3.77. The number of hydrogen-bond acceptors (Lipinski definition) is 4. The molecule has 0 aliphatic carbocycles. The van der Waals surface area contributed by atoms with Crippen molar-refractivity contribution in [1.82, 2.24) is 9.97 Å². The molecule has 2 aromatic rings. The van der Waals surface area contributed by atoms with Gasteiger partial charge >= 0.3 is 0 Å². The van der Waals surface area contributed by atoms with Crippen LogP contribution in [0.15, 0.2) is 28.9 Å². The molecule has 1 aromatic heterocycles. The Morgan fingerprint density at radius 1 is 1.18 bits per heavy atom. The van der Waals surface area contributed by atoms with Gasteiger partial charge in [-0.15, -0.1) is 0 Å². The molecule has 7 heteroatoms. The van der Waals surface area contributed by atoms with Gasteiger partial charge in [-0.2, -0.15) is 4.98 Å². The molecule has 0 bridgehead atoms. The number of benzene rings is 1. The highest BCUT2D eigenvalue weighted by atomic mass is 79.9. The summed E-state index contributed by atoms with van der Waals surface area (Å²) in [5.74, 6) is 0.743. The first-order chi connectivity index (χ1) is 8.08. The van der Waals surface area contributed by atoms with Gasteiger partial charge in [0.2, 0.25) is 5.95 Å². The molecule has 3 N–H and O–H groups in total. The van der Waals surface area contributed by atoms with Crippen molar-refractivity contribution in [3.05, 3.63) is 38.9 Å². The standard InChI is InChI=1S/C10H7BrCl2N4/c11-5-1-2-6(9(13)8(5)12)16-10-15-4-3-7(14)17-10/h1-4H,(H3,14,15,16,17). The van der Waals surface area contributed by atoms with Crippen LogP contribution >= 0.6 is 39.1 Å². The third-order valence-corrected chi connectivity index (χ3v) is 3.73. The zero-order chi connectivity index (χ0) is 12.4. The van der Waals surface area contributed by atoms with Crippen LogP contribution in [0, 0.1) is 0 Å². The molecule has 0 spiro atoms. The van der Waals surface area contributed by atoms with Gasteiger partial charge in [0.25, 0.3) is 0 Å². The van der Waals surface area contributed by atoms with Crippen molar-refractivity contribution in [2.45, 2.75) is 0 Å². The normalized spacial score (nSPS) is 10.3. The Morgan fingerprint density at radius 3 is 2.65 bits per heavy atom. The van der Waals surface area contributed by atoms with Crippen LogP contribution in [-0.4, -0.2) is 9.97 Å². The summed E-state index contributed by atoms with van der Waals surface area (Å²) in [6, 6.07) is 5.15. The Hall–Kier alpha value is -1.04. The lowest BCUT2D eigenvalue weighted by atomic mass is 10.3. The molecule has 1 aromatic carbocycles. The van der Waals surface area contributed by atoms with Crippen LogP contribution in [0.25, 0.3) is 0 Å². The minimum Gasteiger partial charge on any atom is -0.384 e. The molecule has 0 saturated carbocycles. The SMILES string of the molecule is Nc1ccnc(Nc2ccc(Br)c(Cl)c2Cl)n1. The first-order valence-corrected chi connectivity index (χ1v) is 6.12. The van der Waals surface area contributed by atoms with E-state index in [1.807, 2.05) is 0 Å². The summed E-state index contributed by atoms with van der Waals surface area (Å²) in [6.45, 7) is 0. The zero-order valence-electron chi connectivity index (χ0n) is 8.42. The second-order valence-corrected chi connectivity index (χ2v) is 4.76. The average molecular weight is 334 g/mol. The Labute approximate surface area is 116 Å². The van der Waals surface area contributed by atoms with Crippen molar-refractivity contribution in [3.63, 3.8) is 0 Å². The molecule has 2 rings (SSSR count). The van der Waals surface area contributed by atoms with E-state index in [2.05, 4.69) is 31.2 Å². The van der Waals surface area contributed by atoms with Gasteiger partial charge < -0.3 is 11.1 Å². The van der Waals surface area contributed by atoms with E-state index in [0.29, 0.717) is 27.5 Å². The predicted molar refractivity (Wildman–Crippen MR) is 73.9 cm³/mol. The first kappa shape index (κ1) is 12.4. The number of nitrogens with one attached hydrogen (secondary N) is 1. The Kier molecular flexibility index (Phi) is 3.71. The van der Waals surface area contributed by atoms with Crippen molar-refractivity contribution in [2.75, 3.05) is 11.1 Å². The summed E-state index contributed by atoms with van der Waals surface area (Å²) < 4.78 is 0.725. The van der Waals surface area contributed by atoms with Gasteiger partial charge in [0.1, 0.15) is 5.82 Å². The molecule has 0 aliphatic rings. The molecule has 0 radical (unpaired) electrons. The number of rotatable bonds is 2. The minimum absolute atomic E-state index is 0.366. The van der Waals surface area contributed by atoms with Gasteiger partial charge in [-0.05, 0) is 34.1 Å². The average Bonchev–Trinajstić information content (AvgIpc) is 2.30. The van der Waals surface area contributed by atoms with Crippen LogP contribution in [0.5, 0.6) is 0 Å². The fraction of sp³-hybridized carbons (Fsp3) is 0. The second kappa shape index (κ2) is 5.08. The van der Waals surface area contributed by atoms with Gasteiger partial charge in [0, 0.05) is 10.7 Å². The highest BCUT2D eigenvalue weighted by Gasteiger charge is 2.09. The monoisotopic (exact) mass is 332 g/mol. The highest BCUT2D eigenvalue weighted by Crippen LogP contribution is 2.36. The third kappa shape index (κ3) is 2.80. The number of nitrogen functional groups attached to an aromatic ring is 1. The minimum atomic E-state index is 0.366. The molecule has 0 saturated heterocycles. The van der Waals surface area contributed by atoms with Gasteiger partial charge in [0.15, 0.2) is 0 Å². The molecule has 4 nitrogen and oxygen atoms in total. The van der Waals surface area contributed by atoms with E-state index < -0.39 is 0 Å². The number of nitrogens with zero attached hydrogens (tertiary/aromatic N) is 2. The summed E-state index contributed by atoms with van der Waals surface area (Å²) in [5.41, 5.74) is 6.16. The van der Waals surface area contributed by atoms with Crippen LogP contribution in [0.3, 0.4) is 0 Å². The lowest BCUT2D eigenvalue weighted by molar-refractivity contribution is 1.17. The maximum Gasteiger partial charge on any atom is 0.229 e. The summed E-state index contributed by atoms with van der Waals surface area (Å²) in [6.07, 6.45) is 1.55. The van der Waals surface area contributed by atoms with Crippen molar-refractivity contribution in [2.24, 2.45) is 0 Å². The summed E-state index contributed by atoms with van der Waals surface area (Å²) in [4.78, 5) is 8.02. The van der Waals surface area contributed by atoms with Gasteiger partial charge in [0.05, 0.1) is 15.7 Å². The van der Waals surface area contributed by atoms with E-state index in [1.54, 1.807) is 24.4 Å². The lowest BCUT2D eigenvalue weighted by Gasteiger charge is -2.09. The van der Waals surface area contributed by atoms with E-state index in [4.69, 9.17) is 28.9 Å². The van der Waals surface area contributed by atoms with Crippen LogP contribution in [0.4, 0.5) is 17.5 Å². The number of nitrogens with two attached hydrogens (primary N) is 1. The fourth-order valence-electron chi connectivity index (χ4n) is 1.18. The maximum atomic E-state index is 6.08. The van der Waals surface area contributed by atoms with E-state index in [-0.39, 0.29) is 0 Å². The highest BCUT2D eigenvalue weighted by molar-refractivity contribution is 9.10. The number of anilines is 3. The third-order valence-electron chi connectivity index (χ3n) is 1.96. The van der Waals surface area contributed by atoms with E-state index in [9.17, 15) is 0 Å². The van der Waals surface area contributed by atoms with Gasteiger partial charge in [-0.25, -0.2) is 4.98 Å².